The second kappa shape index (κ2) is 6.10. The molecule has 1 heterocycles. The van der Waals surface area contributed by atoms with E-state index in [1.807, 2.05) is 0 Å². The van der Waals surface area contributed by atoms with Crippen LogP contribution in [0.4, 0.5) is 0 Å². The number of hydrogen-bond acceptors (Lipinski definition) is 5. The molecular formula is C14H18N2O2S2. The molecule has 0 aliphatic carbocycles. The van der Waals surface area contributed by atoms with Crippen molar-refractivity contribution in [2.75, 3.05) is 6.26 Å². The van der Waals surface area contributed by atoms with Gasteiger partial charge in [-0.3, -0.25) is 0 Å². The summed E-state index contributed by atoms with van der Waals surface area (Å²) in [6.07, 6.45) is 4.86. The van der Waals surface area contributed by atoms with Gasteiger partial charge in [0, 0.05) is 16.9 Å². The maximum atomic E-state index is 11.7. The van der Waals surface area contributed by atoms with Crippen LogP contribution in [0.15, 0.2) is 34.4 Å². The van der Waals surface area contributed by atoms with E-state index in [9.17, 15) is 8.42 Å². The summed E-state index contributed by atoms with van der Waals surface area (Å²) in [4.78, 5) is 8.84. The molecule has 0 fully saturated rings. The number of rotatable bonds is 5. The summed E-state index contributed by atoms with van der Waals surface area (Å²) >= 11 is 1.69. The number of hydrogen-bond donors (Lipinski definition) is 0. The first kappa shape index (κ1) is 15.3. The van der Waals surface area contributed by atoms with Crippen molar-refractivity contribution in [3.05, 3.63) is 24.5 Å². The van der Waals surface area contributed by atoms with Crippen molar-refractivity contribution in [1.29, 1.82) is 0 Å². The third kappa shape index (κ3) is 3.30. The number of sulfone groups is 1. The highest BCUT2D eigenvalue weighted by molar-refractivity contribution is 8.00. The average molecular weight is 310 g/mol. The number of thioether (sulfide) groups is 1. The van der Waals surface area contributed by atoms with Gasteiger partial charge in [-0.25, -0.2) is 18.4 Å². The van der Waals surface area contributed by atoms with Crippen LogP contribution in [0.25, 0.3) is 10.9 Å². The largest absolute Gasteiger partial charge is 0.236 e. The van der Waals surface area contributed by atoms with Gasteiger partial charge in [0.05, 0.1) is 10.4 Å². The lowest BCUT2D eigenvalue weighted by Crippen LogP contribution is -2.01. The zero-order valence-electron chi connectivity index (χ0n) is 11.8. The third-order valence-corrected chi connectivity index (χ3v) is 5.85. The van der Waals surface area contributed by atoms with E-state index in [1.54, 1.807) is 30.0 Å². The van der Waals surface area contributed by atoms with Crippen LogP contribution >= 0.6 is 11.8 Å². The van der Waals surface area contributed by atoms with Gasteiger partial charge in [-0.2, -0.15) is 0 Å². The zero-order chi connectivity index (χ0) is 14.8. The van der Waals surface area contributed by atoms with Crippen molar-refractivity contribution in [3.8, 4) is 0 Å². The fourth-order valence-electron chi connectivity index (χ4n) is 1.95. The maximum absolute atomic E-state index is 11.7. The lowest BCUT2D eigenvalue weighted by Gasteiger charge is -2.12. The van der Waals surface area contributed by atoms with Crippen molar-refractivity contribution in [2.45, 2.75) is 41.9 Å². The van der Waals surface area contributed by atoms with Crippen molar-refractivity contribution in [3.63, 3.8) is 0 Å². The Balaban J connectivity index is 2.54. The first-order valence-corrected chi connectivity index (χ1v) is 9.34. The molecule has 0 atom stereocenters. The predicted octanol–water partition coefficient (Wildman–Crippen LogP) is 3.31. The molecule has 1 aromatic heterocycles. The summed E-state index contributed by atoms with van der Waals surface area (Å²) in [5.74, 6) is 0. The molecule has 0 aliphatic heterocycles. The number of aromatic nitrogens is 2. The minimum atomic E-state index is -3.22. The second-order valence-electron chi connectivity index (χ2n) is 4.69. The molecule has 108 valence electrons. The Morgan fingerprint density at radius 2 is 1.90 bits per heavy atom. The van der Waals surface area contributed by atoms with E-state index in [-0.39, 0.29) is 0 Å². The van der Waals surface area contributed by atoms with Gasteiger partial charge >= 0.3 is 0 Å². The summed E-state index contributed by atoms with van der Waals surface area (Å²) in [5.41, 5.74) is 0.779. The number of nitrogens with zero attached hydrogens (tertiary/aromatic N) is 2. The van der Waals surface area contributed by atoms with Crippen LogP contribution in [0.5, 0.6) is 0 Å². The van der Waals surface area contributed by atoms with Crippen LogP contribution in [0, 0.1) is 0 Å². The molecule has 2 rings (SSSR count). The smallest absolute Gasteiger partial charge is 0.175 e. The van der Waals surface area contributed by atoms with E-state index in [2.05, 4.69) is 23.8 Å². The zero-order valence-corrected chi connectivity index (χ0v) is 13.5. The molecule has 6 heteroatoms. The highest BCUT2D eigenvalue weighted by Crippen LogP contribution is 2.31. The molecule has 0 aliphatic rings. The van der Waals surface area contributed by atoms with E-state index in [0.29, 0.717) is 10.1 Å². The van der Waals surface area contributed by atoms with Gasteiger partial charge in [-0.05, 0) is 31.0 Å². The van der Waals surface area contributed by atoms with Crippen molar-refractivity contribution in [1.82, 2.24) is 9.97 Å². The maximum Gasteiger partial charge on any atom is 0.175 e. The molecule has 0 amide bonds. The van der Waals surface area contributed by atoms with Crippen molar-refractivity contribution in [2.24, 2.45) is 0 Å². The molecule has 0 unspecified atom stereocenters. The average Bonchev–Trinajstić information content (AvgIpc) is 2.43. The first-order valence-electron chi connectivity index (χ1n) is 6.57. The number of benzene rings is 1. The van der Waals surface area contributed by atoms with Crippen LogP contribution < -0.4 is 0 Å². The Morgan fingerprint density at radius 1 is 1.20 bits per heavy atom. The van der Waals surface area contributed by atoms with Crippen molar-refractivity contribution < 1.29 is 8.42 Å². The van der Waals surface area contributed by atoms with Gasteiger partial charge in [0.15, 0.2) is 9.84 Å². The van der Waals surface area contributed by atoms with Crippen LogP contribution in [0.3, 0.4) is 0 Å². The Hall–Kier alpha value is -1.14. The minimum absolute atomic E-state index is 0.311. The lowest BCUT2D eigenvalue weighted by atomic mass is 10.2. The van der Waals surface area contributed by atoms with E-state index >= 15 is 0 Å². The van der Waals surface area contributed by atoms with Gasteiger partial charge in [0.1, 0.15) is 11.4 Å². The first-order chi connectivity index (χ1) is 9.45. The molecule has 2 aromatic rings. The fourth-order valence-corrected chi connectivity index (χ4v) is 3.64. The Morgan fingerprint density at radius 3 is 2.50 bits per heavy atom. The van der Waals surface area contributed by atoms with E-state index in [0.717, 1.165) is 28.8 Å². The second-order valence-corrected chi connectivity index (χ2v) is 7.99. The Labute approximate surface area is 123 Å². The monoisotopic (exact) mass is 310 g/mol. The molecule has 0 radical (unpaired) electrons. The molecule has 0 saturated heterocycles. The third-order valence-electron chi connectivity index (χ3n) is 3.19. The van der Waals surface area contributed by atoms with Gasteiger partial charge in [0.2, 0.25) is 0 Å². The molecular weight excluding hydrogens is 292 g/mol. The lowest BCUT2D eigenvalue weighted by molar-refractivity contribution is 0.602. The highest BCUT2D eigenvalue weighted by Gasteiger charge is 2.13. The van der Waals surface area contributed by atoms with Crippen LogP contribution in [-0.4, -0.2) is 29.9 Å². The highest BCUT2D eigenvalue weighted by atomic mass is 32.2. The van der Waals surface area contributed by atoms with E-state index in [4.69, 9.17) is 0 Å². The van der Waals surface area contributed by atoms with Gasteiger partial charge in [-0.15, -0.1) is 11.8 Å². The summed E-state index contributed by atoms with van der Waals surface area (Å²) in [6, 6.07) is 5.01. The molecule has 1 aromatic carbocycles. The molecule has 0 saturated carbocycles. The summed E-state index contributed by atoms with van der Waals surface area (Å²) in [7, 11) is -3.22. The van der Waals surface area contributed by atoms with Gasteiger partial charge in [-0.1, -0.05) is 13.8 Å². The summed E-state index contributed by atoms with van der Waals surface area (Å²) < 4.78 is 23.3. The standard InChI is InChI=1S/C14H18N2O2S2/c1-4-10(5-2)19-14-12-8-11(20(3,17)18)6-7-13(12)15-9-16-14/h6-10H,4-5H2,1-3H3. The molecule has 20 heavy (non-hydrogen) atoms. The van der Waals surface area contributed by atoms with Crippen LogP contribution in [0.1, 0.15) is 26.7 Å². The summed E-state index contributed by atoms with van der Waals surface area (Å²) in [5, 5.41) is 2.15. The Bertz CT molecular complexity index is 710. The normalized spacial score (nSPS) is 12.2. The van der Waals surface area contributed by atoms with Crippen LogP contribution in [-0.2, 0) is 9.84 Å². The van der Waals surface area contributed by atoms with E-state index < -0.39 is 9.84 Å². The molecule has 4 nitrogen and oxygen atoms in total. The van der Waals surface area contributed by atoms with Crippen molar-refractivity contribution >= 4 is 32.5 Å². The topological polar surface area (TPSA) is 59.9 Å². The molecule has 0 spiro atoms. The SMILES string of the molecule is CCC(CC)Sc1ncnc2ccc(S(C)(=O)=O)cc12. The summed E-state index contributed by atoms with van der Waals surface area (Å²) in [6.45, 7) is 4.29. The van der Waals surface area contributed by atoms with Gasteiger partial charge < -0.3 is 0 Å². The van der Waals surface area contributed by atoms with Crippen LogP contribution in [0.2, 0.25) is 0 Å². The minimum Gasteiger partial charge on any atom is -0.236 e. The van der Waals surface area contributed by atoms with Gasteiger partial charge in [0.25, 0.3) is 0 Å². The molecule has 0 bridgehead atoms. The fraction of sp³-hybridized carbons (Fsp3) is 0.429. The number of fused-ring (bicyclic) bond motifs is 1. The quantitative estimate of drug-likeness (QED) is 0.626. The molecule has 0 N–H and O–H groups in total. The predicted molar refractivity (Wildman–Crippen MR) is 82.9 cm³/mol. The van der Waals surface area contributed by atoms with E-state index in [1.165, 1.54) is 12.6 Å². The Kier molecular flexibility index (Phi) is 4.65.